The van der Waals surface area contributed by atoms with Gasteiger partial charge in [0.1, 0.15) is 5.60 Å². The highest BCUT2D eigenvalue weighted by Gasteiger charge is 2.32. The lowest BCUT2D eigenvalue weighted by Gasteiger charge is -2.25. The number of nitrogens with zero attached hydrogens (tertiary/aromatic N) is 1. The topological polar surface area (TPSA) is 55.6 Å². The molecule has 128 valence electrons. The maximum atomic E-state index is 12.1. The molecule has 0 aromatic heterocycles. The average molecular weight is 359 g/mol. The van der Waals surface area contributed by atoms with E-state index in [1.54, 1.807) is 17.0 Å². The maximum absolute atomic E-state index is 12.1. The fraction of sp³-hybridized carbons (Fsp3) is 0.588. The number of ether oxygens (including phenoxy) is 1. The Morgan fingerprint density at radius 3 is 2.78 bits per heavy atom. The summed E-state index contributed by atoms with van der Waals surface area (Å²) in [7, 11) is 0. The Morgan fingerprint density at radius 1 is 1.43 bits per heavy atom. The fourth-order valence-corrected chi connectivity index (χ4v) is 3.14. The van der Waals surface area contributed by atoms with Crippen molar-refractivity contribution in [1.29, 1.82) is 0 Å². The van der Waals surface area contributed by atoms with Crippen LogP contribution in [0.4, 0.5) is 4.79 Å². The van der Waals surface area contributed by atoms with Crippen molar-refractivity contribution in [3.63, 3.8) is 0 Å². The third kappa shape index (κ3) is 5.27. The smallest absolute Gasteiger partial charge is 0.410 e. The lowest BCUT2D eigenvalue weighted by Crippen LogP contribution is -2.38. The molecule has 1 aliphatic rings. The van der Waals surface area contributed by atoms with E-state index >= 15 is 0 Å². The van der Waals surface area contributed by atoms with E-state index in [1.165, 1.54) is 0 Å². The zero-order valence-corrected chi connectivity index (χ0v) is 15.3. The number of carbonyl (C=O) groups is 1. The van der Waals surface area contributed by atoms with Crippen molar-refractivity contribution in [2.24, 2.45) is 11.7 Å². The van der Waals surface area contributed by atoms with Gasteiger partial charge in [-0.1, -0.05) is 23.2 Å². The number of rotatable bonds is 3. The predicted molar refractivity (Wildman–Crippen MR) is 94.1 cm³/mol. The molecular formula is C17H24Cl2N2O2. The number of halogens is 2. The van der Waals surface area contributed by atoms with Crippen LogP contribution in [0.3, 0.4) is 0 Å². The number of amides is 1. The van der Waals surface area contributed by atoms with E-state index in [0.717, 1.165) is 12.0 Å². The summed E-state index contributed by atoms with van der Waals surface area (Å²) in [6, 6.07) is 5.33. The van der Waals surface area contributed by atoms with Gasteiger partial charge in [0.2, 0.25) is 0 Å². The molecule has 2 rings (SSSR count). The Hall–Kier alpha value is -0.970. The van der Waals surface area contributed by atoms with Gasteiger partial charge < -0.3 is 15.4 Å². The molecule has 0 radical (unpaired) electrons. The zero-order valence-electron chi connectivity index (χ0n) is 13.8. The van der Waals surface area contributed by atoms with E-state index < -0.39 is 5.60 Å². The molecule has 1 amide bonds. The Labute approximate surface area is 147 Å². The molecule has 2 unspecified atom stereocenters. The van der Waals surface area contributed by atoms with Gasteiger partial charge in [-0.25, -0.2) is 4.79 Å². The van der Waals surface area contributed by atoms with E-state index in [0.29, 0.717) is 29.6 Å². The number of likely N-dealkylation sites (tertiary alicyclic amines) is 1. The van der Waals surface area contributed by atoms with Crippen LogP contribution in [0, 0.1) is 5.92 Å². The quantitative estimate of drug-likeness (QED) is 0.883. The summed E-state index contributed by atoms with van der Waals surface area (Å²) in [5.74, 6) is 0.234. The van der Waals surface area contributed by atoms with E-state index in [2.05, 4.69) is 0 Å². The van der Waals surface area contributed by atoms with Gasteiger partial charge in [0.15, 0.2) is 0 Å². The molecule has 1 aliphatic heterocycles. The van der Waals surface area contributed by atoms with Crippen LogP contribution in [-0.2, 0) is 11.2 Å². The molecule has 0 aliphatic carbocycles. The molecule has 1 fully saturated rings. The van der Waals surface area contributed by atoms with Gasteiger partial charge in [-0.2, -0.15) is 0 Å². The van der Waals surface area contributed by atoms with Crippen molar-refractivity contribution in [2.75, 3.05) is 13.1 Å². The van der Waals surface area contributed by atoms with Crippen molar-refractivity contribution in [1.82, 2.24) is 4.90 Å². The van der Waals surface area contributed by atoms with Crippen LogP contribution in [0.1, 0.15) is 32.8 Å². The predicted octanol–water partition coefficient (Wildman–Crippen LogP) is 4.12. The third-order valence-corrected chi connectivity index (χ3v) is 4.55. The average Bonchev–Trinajstić information content (AvgIpc) is 2.91. The molecule has 4 nitrogen and oxygen atoms in total. The minimum Gasteiger partial charge on any atom is -0.444 e. The Balaban J connectivity index is 1.93. The first-order chi connectivity index (χ1) is 10.7. The van der Waals surface area contributed by atoms with Crippen LogP contribution < -0.4 is 5.73 Å². The van der Waals surface area contributed by atoms with Crippen molar-refractivity contribution < 1.29 is 9.53 Å². The van der Waals surface area contributed by atoms with E-state index in [9.17, 15) is 4.79 Å². The first-order valence-electron chi connectivity index (χ1n) is 7.83. The van der Waals surface area contributed by atoms with Crippen molar-refractivity contribution in [3.05, 3.63) is 33.8 Å². The Bertz CT molecular complexity index is 572. The molecule has 1 heterocycles. The molecule has 1 aromatic carbocycles. The van der Waals surface area contributed by atoms with Crippen molar-refractivity contribution in [3.8, 4) is 0 Å². The van der Waals surface area contributed by atoms with E-state index in [4.69, 9.17) is 33.7 Å². The summed E-state index contributed by atoms with van der Waals surface area (Å²) in [5, 5.41) is 1.32. The SMILES string of the molecule is CC(C)(C)OC(=O)N1CCC(C(N)Cc2cc(Cl)ccc2Cl)C1. The van der Waals surface area contributed by atoms with Gasteiger partial charge >= 0.3 is 6.09 Å². The van der Waals surface area contributed by atoms with Gasteiger partial charge in [-0.3, -0.25) is 0 Å². The largest absolute Gasteiger partial charge is 0.444 e. The van der Waals surface area contributed by atoms with Crippen LogP contribution in [0.15, 0.2) is 18.2 Å². The molecule has 0 spiro atoms. The molecule has 1 saturated heterocycles. The van der Waals surface area contributed by atoms with Crippen LogP contribution >= 0.6 is 23.2 Å². The van der Waals surface area contributed by atoms with Gasteiger partial charge in [-0.15, -0.1) is 0 Å². The van der Waals surface area contributed by atoms with Crippen LogP contribution in [0.25, 0.3) is 0 Å². The monoisotopic (exact) mass is 358 g/mol. The first-order valence-corrected chi connectivity index (χ1v) is 8.59. The number of hydrogen-bond donors (Lipinski definition) is 1. The van der Waals surface area contributed by atoms with Crippen LogP contribution in [0.5, 0.6) is 0 Å². The summed E-state index contributed by atoms with van der Waals surface area (Å²) in [6.07, 6.45) is 1.25. The highest BCUT2D eigenvalue weighted by Crippen LogP contribution is 2.26. The number of nitrogens with two attached hydrogens (primary N) is 1. The third-order valence-electron chi connectivity index (χ3n) is 3.95. The van der Waals surface area contributed by atoms with Crippen LogP contribution in [-0.4, -0.2) is 35.7 Å². The fourth-order valence-electron chi connectivity index (χ4n) is 2.75. The van der Waals surface area contributed by atoms with Gasteiger partial charge in [0, 0.05) is 29.2 Å². The van der Waals surface area contributed by atoms with Crippen molar-refractivity contribution >= 4 is 29.3 Å². The standard InChI is InChI=1S/C17H24Cl2N2O2/c1-17(2,3)23-16(22)21-7-6-11(10-21)15(20)9-12-8-13(18)4-5-14(12)19/h4-5,8,11,15H,6-7,9-10,20H2,1-3H3. The molecule has 6 heteroatoms. The summed E-state index contributed by atoms with van der Waals surface area (Å²) >= 11 is 12.2. The lowest BCUT2D eigenvalue weighted by molar-refractivity contribution is 0.0286. The zero-order chi connectivity index (χ0) is 17.2. The molecule has 23 heavy (non-hydrogen) atoms. The number of carbonyl (C=O) groups excluding carboxylic acids is 1. The summed E-state index contributed by atoms with van der Waals surface area (Å²) in [5.41, 5.74) is 6.81. The van der Waals surface area contributed by atoms with Crippen LogP contribution in [0.2, 0.25) is 10.0 Å². The lowest BCUT2D eigenvalue weighted by atomic mass is 9.93. The summed E-state index contributed by atoms with van der Waals surface area (Å²) < 4.78 is 5.41. The Morgan fingerprint density at radius 2 is 2.13 bits per heavy atom. The normalized spacial score (nSPS) is 19.7. The number of hydrogen-bond acceptors (Lipinski definition) is 3. The minimum absolute atomic E-state index is 0.0709. The first kappa shape index (κ1) is 18.4. The minimum atomic E-state index is -0.481. The Kier molecular flexibility index (Phi) is 5.82. The molecule has 1 aromatic rings. The highest BCUT2D eigenvalue weighted by molar-refractivity contribution is 6.33. The highest BCUT2D eigenvalue weighted by atomic mass is 35.5. The molecular weight excluding hydrogens is 335 g/mol. The maximum Gasteiger partial charge on any atom is 0.410 e. The number of benzene rings is 1. The van der Waals surface area contributed by atoms with Gasteiger partial charge in [0.05, 0.1) is 0 Å². The van der Waals surface area contributed by atoms with Gasteiger partial charge in [0.25, 0.3) is 0 Å². The molecule has 0 saturated carbocycles. The summed E-state index contributed by atoms with van der Waals surface area (Å²) in [6.45, 7) is 6.90. The summed E-state index contributed by atoms with van der Waals surface area (Å²) in [4.78, 5) is 13.8. The second-order valence-corrected chi connectivity index (χ2v) is 7.92. The van der Waals surface area contributed by atoms with Crippen molar-refractivity contribution in [2.45, 2.75) is 45.3 Å². The molecule has 2 atom stereocenters. The van der Waals surface area contributed by atoms with Gasteiger partial charge in [-0.05, 0) is 63.3 Å². The second kappa shape index (κ2) is 7.29. The van der Waals surface area contributed by atoms with E-state index in [1.807, 2.05) is 26.8 Å². The molecule has 2 N–H and O–H groups in total. The second-order valence-electron chi connectivity index (χ2n) is 7.08. The molecule has 0 bridgehead atoms. The van der Waals surface area contributed by atoms with E-state index in [-0.39, 0.29) is 18.1 Å².